The lowest BCUT2D eigenvalue weighted by Gasteiger charge is -2.15. The van der Waals surface area contributed by atoms with Crippen LogP contribution in [0.5, 0.6) is 5.75 Å². The van der Waals surface area contributed by atoms with Crippen LogP contribution in [0.25, 0.3) is 0 Å². The summed E-state index contributed by atoms with van der Waals surface area (Å²) in [6.07, 6.45) is -2.60. The lowest BCUT2D eigenvalue weighted by atomic mass is 10.2. The molecule has 0 saturated heterocycles. The first-order chi connectivity index (χ1) is 11.3. The molecular weight excluding hydrogens is 327 g/mol. The second kappa shape index (κ2) is 9.64. The molecule has 1 atom stereocenters. The van der Waals surface area contributed by atoms with Crippen molar-refractivity contribution in [3.63, 3.8) is 0 Å². The molecule has 0 aliphatic carbocycles. The largest absolute Gasteiger partial charge is 0.487 e. The zero-order valence-electron chi connectivity index (χ0n) is 13.4. The zero-order chi connectivity index (χ0) is 18.1. The van der Waals surface area contributed by atoms with E-state index < -0.39 is 37.7 Å². The number of aryl methyl sites for hydroxylation is 1. The van der Waals surface area contributed by atoms with Gasteiger partial charge in [-0.05, 0) is 25.5 Å². The second-order valence-corrected chi connectivity index (χ2v) is 4.98. The van der Waals surface area contributed by atoms with Crippen molar-refractivity contribution < 1.29 is 27.5 Å². The van der Waals surface area contributed by atoms with E-state index in [2.05, 4.69) is 16.0 Å². The number of urea groups is 1. The number of nitrogens with one attached hydrogen (secondary N) is 3. The van der Waals surface area contributed by atoms with E-state index in [1.807, 2.05) is 0 Å². The highest BCUT2D eigenvalue weighted by Gasteiger charge is 2.15. The van der Waals surface area contributed by atoms with Crippen LogP contribution < -0.4 is 20.7 Å². The topological polar surface area (TPSA) is 79.5 Å². The lowest BCUT2D eigenvalue weighted by molar-refractivity contribution is -0.122. The highest BCUT2D eigenvalue weighted by molar-refractivity contribution is 5.93. The van der Waals surface area contributed by atoms with E-state index in [9.17, 15) is 22.8 Å². The van der Waals surface area contributed by atoms with E-state index in [-0.39, 0.29) is 12.3 Å². The number of amides is 3. The summed E-state index contributed by atoms with van der Waals surface area (Å²) in [5, 5.41) is 7.14. The van der Waals surface area contributed by atoms with Crippen LogP contribution in [-0.2, 0) is 4.79 Å². The molecule has 0 heterocycles. The van der Waals surface area contributed by atoms with Gasteiger partial charge in [0.25, 0.3) is 6.43 Å². The second-order valence-electron chi connectivity index (χ2n) is 4.98. The highest BCUT2D eigenvalue weighted by atomic mass is 19.3. The van der Waals surface area contributed by atoms with Crippen molar-refractivity contribution in [3.05, 3.63) is 23.8 Å². The number of ether oxygens (including phenoxy) is 1. The smallest absolute Gasteiger partial charge is 0.319 e. The summed E-state index contributed by atoms with van der Waals surface area (Å²) < 4.78 is 41.3. The van der Waals surface area contributed by atoms with Crippen LogP contribution in [0.4, 0.5) is 23.7 Å². The summed E-state index contributed by atoms with van der Waals surface area (Å²) in [6, 6.07) is 3.05. The Labute approximate surface area is 137 Å². The van der Waals surface area contributed by atoms with Gasteiger partial charge in [-0.3, -0.25) is 4.79 Å². The average molecular weight is 347 g/mol. The minimum absolute atomic E-state index is 0.130. The number of anilines is 1. The Balaban J connectivity index is 2.60. The van der Waals surface area contributed by atoms with Crippen molar-refractivity contribution in [3.8, 4) is 5.75 Å². The van der Waals surface area contributed by atoms with E-state index in [0.29, 0.717) is 11.3 Å². The Morgan fingerprint density at radius 1 is 1.29 bits per heavy atom. The Kier molecular flexibility index (Phi) is 7.87. The van der Waals surface area contributed by atoms with Crippen LogP contribution in [0.2, 0.25) is 0 Å². The number of hydrogen-bond acceptors (Lipinski definition) is 3. The summed E-state index contributed by atoms with van der Waals surface area (Å²) in [5.74, 6) is -0.297. The minimum Gasteiger partial charge on any atom is -0.487 e. The van der Waals surface area contributed by atoms with Crippen molar-refractivity contribution in [2.75, 3.05) is 25.1 Å². The molecule has 0 spiro atoms. The first-order valence-corrected chi connectivity index (χ1v) is 7.26. The molecule has 134 valence electrons. The molecule has 1 aromatic carbocycles. The van der Waals surface area contributed by atoms with E-state index >= 15 is 0 Å². The molecule has 1 aromatic rings. The van der Waals surface area contributed by atoms with E-state index in [1.54, 1.807) is 19.1 Å². The predicted molar refractivity (Wildman–Crippen MR) is 83.3 cm³/mol. The molecule has 0 bridgehead atoms. The Hall–Kier alpha value is -2.45. The molecule has 0 aromatic heterocycles. The average Bonchev–Trinajstić information content (AvgIpc) is 2.52. The number of hydrogen-bond donors (Lipinski definition) is 3. The summed E-state index contributed by atoms with van der Waals surface area (Å²) in [5.41, 5.74) is 0.958. The molecule has 3 N–H and O–H groups in total. The summed E-state index contributed by atoms with van der Waals surface area (Å²) in [7, 11) is 0. The van der Waals surface area contributed by atoms with Gasteiger partial charge in [-0.2, -0.15) is 0 Å². The van der Waals surface area contributed by atoms with Gasteiger partial charge in [-0.25, -0.2) is 18.0 Å². The lowest BCUT2D eigenvalue weighted by Crippen LogP contribution is -2.46. The number of carbonyl (C=O) groups excluding carboxylic acids is 2. The monoisotopic (exact) mass is 347 g/mol. The zero-order valence-corrected chi connectivity index (χ0v) is 13.4. The minimum atomic E-state index is -2.60. The molecule has 0 aliphatic heterocycles. The molecule has 0 unspecified atom stereocenters. The van der Waals surface area contributed by atoms with Crippen molar-refractivity contribution in [1.82, 2.24) is 10.6 Å². The number of carbonyl (C=O) groups is 2. The Morgan fingerprint density at radius 2 is 2.00 bits per heavy atom. The van der Waals surface area contributed by atoms with Gasteiger partial charge >= 0.3 is 6.03 Å². The van der Waals surface area contributed by atoms with Gasteiger partial charge in [0.1, 0.15) is 25.1 Å². The van der Waals surface area contributed by atoms with E-state index in [1.165, 1.54) is 13.0 Å². The third-order valence-electron chi connectivity index (χ3n) is 2.95. The maximum atomic E-state index is 12.2. The van der Waals surface area contributed by atoms with Crippen molar-refractivity contribution in [2.45, 2.75) is 26.3 Å². The normalized spacial score (nSPS) is 11.8. The third kappa shape index (κ3) is 6.76. The Bertz CT molecular complexity index is 570. The molecule has 9 heteroatoms. The van der Waals surface area contributed by atoms with Gasteiger partial charge in [-0.1, -0.05) is 6.07 Å². The molecule has 0 aliphatic rings. The highest BCUT2D eigenvalue weighted by Crippen LogP contribution is 2.23. The fourth-order valence-electron chi connectivity index (χ4n) is 1.74. The van der Waals surface area contributed by atoms with Gasteiger partial charge < -0.3 is 20.7 Å². The summed E-state index contributed by atoms with van der Waals surface area (Å²) in [4.78, 5) is 23.4. The fourth-order valence-corrected chi connectivity index (χ4v) is 1.74. The summed E-state index contributed by atoms with van der Waals surface area (Å²) in [6.45, 7) is 1.55. The Morgan fingerprint density at radius 3 is 2.62 bits per heavy atom. The third-order valence-corrected chi connectivity index (χ3v) is 2.95. The number of benzene rings is 1. The molecule has 1 rings (SSSR count). The van der Waals surface area contributed by atoms with Crippen molar-refractivity contribution in [2.24, 2.45) is 0 Å². The molecule has 6 nitrogen and oxygen atoms in total. The number of alkyl halides is 3. The fraction of sp³-hybridized carbons (Fsp3) is 0.467. The molecule has 0 fully saturated rings. The van der Waals surface area contributed by atoms with Crippen LogP contribution in [0.1, 0.15) is 12.5 Å². The van der Waals surface area contributed by atoms with Gasteiger partial charge in [0.2, 0.25) is 5.91 Å². The molecule has 24 heavy (non-hydrogen) atoms. The number of rotatable bonds is 8. The first-order valence-electron chi connectivity index (χ1n) is 7.26. The van der Waals surface area contributed by atoms with Crippen LogP contribution in [-0.4, -0.2) is 44.2 Å². The molecule has 0 radical (unpaired) electrons. The van der Waals surface area contributed by atoms with Crippen molar-refractivity contribution in [1.29, 1.82) is 0 Å². The van der Waals surface area contributed by atoms with E-state index in [4.69, 9.17) is 4.74 Å². The van der Waals surface area contributed by atoms with E-state index in [0.717, 1.165) is 0 Å². The van der Waals surface area contributed by atoms with Crippen LogP contribution >= 0.6 is 0 Å². The predicted octanol–water partition coefficient (Wildman–Crippen LogP) is 2.23. The quantitative estimate of drug-likeness (QED) is 0.675. The molecule has 0 saturated carbocycles. The maximum Gasteiger partial charge on any atom is 0.319 e. The van der Waals surface area contributed by atoms with Crippen LogP contribution in [0.15, 0.2) is 18.2 Å². The van der Waals surface area contributed by atoms with Gasteiger partial charge in [0.05, 0.1) is 0 Å². The standard InChI is InChI=1S/C15H20F3N3O3/c1-9-3-4-11(7-12(9)24-8-13(17)18)21-15(23)20-10(2)14(22)19-6-5-16/h3-4,7,10,13H,5-6,8H2,1-2H3,(H,19,22)(H2,20,21,23)/t10-/m1/s1. The van der Waals surface area contributed by atoms with Gasteiger partial charge in [0, 0.05) is 18.3 Å². The molecule has 3 amide bonds. The first kappa shape index (κ1) is 19.6. The number of halogens is 3. The molecular formula is C15H20F3N3O3. The maximum absolute atomic E-state index is 12.2. The van der Waals surface area contributed by atoms with Crippen LogP contribution in [0, 0.1) is 6.92 Å². The SMILES string of the molecule is Cc1ccc(NC(=O)N[C@H](C)C(=O)NCCF)cc1OCC(F)F. The van der Waals surface area contributed by atoms with Gasteiger partial charge in [-0.15, -0.1) is 0 Å². The van der Waals surface area contributed by atoms with Crippen LogP contribution in [0.3, 0.4) is 0 Å². The van der Waals surface area contributed by atoms with Gasteiger partial charge in [0.15, 0.2) is 0 Å². The summed E-state index contributed by atoms with van der Waals surface area (Å²) >= 11 is 0. The van der Waals surface area contributed by atoms with Crippen molar-refractivity contribution >= 4 is 17.6 Å².